The molecule has 0 fully saturated rings. The molecule has 0 aliphatic rings. The normalized spacial score (nSPS) is 12.5. The second kappa shape index (κ2) is 12.0. The number of nitrogens with one attached hydrogen (secondary N) is 2. The van der Waals surface area contributed by atoms with Gasteiger partial charge < -0.3 is 20.6 Å². The average Bonchev–Trinajstić information content (AvgIpc) is 2.73. The summed E-state index contributed by atoms with van der Waals surface area (Å²) in [7, 11) is 3.90. The van der Waals surface area contributed by atoms with Gasteiger partial charge in [0.15, 0.2) is 5.96 Å². The molecule has 3 N–H and O–H groups in total. The fourth-order valence-corrected chi connectivity index (χ4v) is 2.95. The van der Waals surface area contributed by atoms with Crippen LogP contribution in [0.3, 0.4) is 0 Å². The number of benzene rings is 2. The molecule has 2 rings (SSSR count). The van der Waals surface area contributed by atoms with Crippen LogP contribution in [0.2, 0.25) is 0 Å². The molecule has 27 heavy (non-hydrogen) atoms. The Labute approximate surface area is 163 Å². The fraction of sp³-hybridized carbons (Fsp3) is 0.409. The standard InChI is InChI=1S/C22H32N4O/c1-23-22(25-17-20(18-27)19-11-5-3-6-12-19)24-15-9-10-16-26(2)21-13-7-4-8-14-21/h3-8,11-14,20,27H,9-10,15-18H2,1-2H3,(H2,23,24,25). The van der Waals surface area contributed by atoms with Gasteiger partial charge in [0.05, 0.1) is 6.61 Å². The van der Waals surface area contributed by atoms with E-state index in [4.69, 9.17) is 0 Å². The van der Waals surface area contributed by atoms with E-state index in [0.29, 0.717) is 6.54 Å². The van der Waals surface area contributed by atoms with Gasteiger partial charge in [-0.25, -0.2) is 0 Å². The van der Waals surface area contributed by atoms with Crippen molar-refractivity contribution in [3.63, 3.8) is 0 Å². The molecule has 0 bridgehead atoms. The maximum atomic E-state index is 9.65. The van der Waals surface area contributed by atoms with Crippen LogP contribution in [0.25, 0.3) is 0 Å². The highest BCUT2D eigenvalue weighted by Gasteiger charge is 2.10. The average molecular weight is 369 g/mol. The molecule has 0 radical (unpaired) electrons. The summed E-state index contributed by atoms with van der Waals surface area (Å²) in [6.07, 6.45) is 2.18. The Bertz CT molecular complexity index is 661. The minimum Gasteiger partial charge on any atom is -0.396 e. The topological polar surface area (TPSA) is 59.9 Å². The number of para-hydroxylation sites is 1. The molecular formula is C22H32N4O. The molecule has 0 amide bonds. The maximum absolute atomic E-state index is 9.65. The first-order valence-electron chi connectivity index (χ1n) is 9.61. The van der Waals surface area contributed by atoms with Crippen LogP contribution in [0.15, 0.2) is 65.7 Å². The second-order valence-corrected chi connectivity index (χ2v) is 6.63. The molecule has 2 aromatic carbocycles. The van der Waals surface area contributed by atoms with E-state index in [1.165, 1.54) is 5.69 Å². The number of hydrogen-bond donors (Lipinski definition) is 3. The minimum absolute atomic E-state index is 0.0595. The van der Waals surface area contributed by atoms with Crippen LogP contribution in [-0.2, 0) is 0 Å². The van der Waals surface area contributed by atoms with Crippen LogP contribution in [0.1, 0.15) is 24.3 Å². The van der Waals surface area contributed by atoms with Gasteiger partial charge in [0, 0.05) is 45.3 Å². The Hall–Kier alpha value is -2.53. The Morgan fingerprint density at radius 3 is 2.30 bits per heavy atom. The van der Waals surface area contributed by atoms with Crippen LogP contribution in [0, 0.1) is 0 Å². The lowest BCUT2D eigenvalue weighted by atomic mass is 10.0. The van der Waals surface area contributed by atoms with Crippen molar-refractivity contribution in [3.05, 3.63) is 66.2 Å². The van der Waals surface area contributed by atoms with E-state index in [0.717, 1.165) is 37.5 Å². The molecule has 0 spiro atoms. The van der Waals surface area contributed by atoms with Crippen molar-refractivity contribution in [3.8, 4) is 0 Å². The SMILES string of the molecule is CN=C(NCCCCN(C)c1ccccc1)NCC(CO)c1ccccc1. The van der Waals surface area contributed by atoms with Crippen molar-refractivity contribution >= 4 is 11.6 Å². The number of nitrogens with zero attached hydrogens (tertiary/aromatic N) is 2. The van der Waals surface area contributed by atoms with E-state index >= 15 is 0 Å². The van der Waals surface area contributed by atoms with Crippen molar-refractivity contribution in [1.29, 1.82) is 0 Å². The Kier molecular flexibility index (Phi) is 9.21. The Morgan fingerprint density at radius 2 is 1.67 bits per heavy atom. The number of anilines is 1. The minimum atomic E-state index is 0.0595. The van der Waals surface area contributed by atoms with Gasteiger partial charge in [-0.2, -0.15) is 0 Å². The Balaban J connectivity index is 1.65. The van der Waals surface area contributed by atoms with Crippen LogP contribution >= 0.6 is 0 Å². The zero-order valence-corrected chi connectivity index (χ0v) is 16.4. The lowest BCUT2D eigenvalue weighted by molar-refractivity contribution is 0.265. The highest BCUT2D eigenvalue weighted by Crippen LogP contribution is 2.13. The molecule has 0 saturated heterocycles. The first-order chi connectivity index (χ1) is 13.2. The summed E-state index contributed by atoms with van der Waals surface area (Å²) in [4.78, 5) is 6.55. The lowest BCUT2D eigenvalue weighted by Crippen LogP contribution is -2.40. The molecule has 5 heteroatoms. The molecule has 0 aromatic heterocycles. The van der Waals surface area contributed by atoms with Crippen LogP contribution in [-0.4, -0.2) is 51.4 Å². The fourth-order valence-electron chi connectivity index (χ4n) is 2.95. The van der Waals surface area contributed by atoms with Crippen LogP contribution in [0.4, 0.5) is 5.69 Å². The van der Waals surface area contributed by atoms with E-state index in [2.05, 4.69) is 51.8 Å². The molecule has 0 aliphatic carbocycles. The summed E-state index contributed by atoms with van der Waals surface area (Å²) in [6.45, 7) is 2.66. The smallest absolute Gasteiger partial charge is 0.190 e. The number of unbranched alkanes of at least 4 members (excludes halogenated alkanes) is 1. The largest absolute Gasteiger partial charge is 0.396 e. The summed E-state index contributed by atoms with van der Waals surface area (Å²) in [5.74, 6) is 0.838. The summed E-state index contributed by atoms with van der Waals surface area (Å²) >= 11 is 0. The van der Waals surface area contributed by atoms with Gasteiger partial charge in [0.25, 0.3) is 0 Å². The summed E-state index contributed by atoms with van der Waals surface area (Å²) in [5.41, 5.74) is 2.38. The van der Waals surface area contributed by atoms with Gasteiger partial charge >= 0.3 is 0 Å². The first kappa shape index (κ1) is 20.8. The quantitative estimate of drug-likeness (QED) is 0.343. The molecular weight excluding hydrogens is 336 g/mol. The van der Waals surface area contributed by atoms with Gasteiger partial charge in [0.1, 0.15) is 0 Å². The summed E-state index contributed by atoms with van der Waals surface area (Å²) in [6, 6.07) is 20.5. The third-order valence-electron chi connectivity index (χ3n) is 4.64. The third-order valence-corrected chi connectivity index (χ3v) is 4.64. The molecule has 5 nitrogen and oxygen atoms in total. The van der Waals surface area contributed by atoms with Gasteiger partial charge in [-0.05, 0) is 30.5 Å². The third kappa shape index (κ3) is 7.31. The van der Waals surface area contributed by atoms with E-state index in [-0.39, 0.29) is 12.5 Å². The highest BCUT2D eigenvalue weighted by molar-refractivity contribution is 5.79. The zero-order chi connectivity index (χ0) is 19.3. The van der Waals surface area contributed by atoms with E-state index < -0.39 is 0 Å². The zero-order valence-electron chi connectivity index (χ0n) is 16.4. The van der Waals surface area contributed by atoms with Gasteiger partial charge in [0.2, 0.25) is 0 Å². The number of guanidine groups is 1. The summed E-state index contributed by atoms with van der Waals surface area (Å²) in [5, 5.41) is 16.3. The number of aliphatic imine (C=N–C) groups is 1. The predicted octanol–water partition coefficient (Wildman–Crippen LogP) is 2.84. The second-order valence-electron chi connectivity index (χ2n) is 6.63. The number of aliphatic hydroxyl groups is 1. The van der Waals surface area contributed by atoms with Crippen LogP contribution < -0.4 is 15.5 Å². The molecule has 146 valence electrons. The lowest BCUT2D eigenvalue weighted by Gasteiger charge is -2.20. The predicted molar refractivity (Wildman–Crippen MR) is 115 cm³/mol. The molecule has 0 aliphatic heterocycles. The molecule has 0 saturated carbocycles. The van der Waals surface area contributed by atoms with Gasteiger partial charge in [-0.1, -0.05) is 48.5 Å². The number of rotatable bonds is 10. The molecule has 1 atom stereocenters. The summed E-state index contributed by atoms with van der Waals surface area (Å²) < 4.78 is 0. The first-order valence-corrected chi connectivity index (χ1v) is 9.61. The Morgan fingerprint density at radius 1 is 1.00 bits per heavy atom. The van der Waals surface area contributed by atoms with Crippen molar-refractivity contribution in [2.45, 2.75) is 18.8 Å². The van der Waals surface area contributed by atoms with E-state index in [1.54, 1.807) is 7.05 Å². The number of aliphatic hydroxyl groups excluding tert-OH is 1. The van der Waals surface area contributed by atoms with Crippen molar-refractivity contribution in [2.24, 2.45) is 4.99 Å². The van der Waals surface area contributed by atoms with Crippen molar-refractivity contribution in [2.75, 3.05) is 45.2 Å². The van der Waals surface area contributed by atoms with Gasteiger partial charge in [-0.3, -0.25) is 4.99 Å². The van der Waals surface area contributed by atoms with Gasteiger partial charge in [-0.15, -0.1) is 0 Å². The highest BCUT2D eigenvalue weighted by atomic mass is 16.3. The van der Waals surface area contributed by atoms with E-state index in [9.17, 15) is 5.11 Å². The molecule has 0 heterocycles. The maximum Gasteiger partial charge on any atom is 0.190 e. The van der Waals surface area contributed by atoms with Crippen LogP contribution in [0.5, 0.6) is 0 Å². The number of hydrogen-bond acceptors (Lipinski definition) is 3. The van der Waals surface area contributed by atoms with Crippen molar-refractivity contribution < 1.29 is 5.11 Å². The van der Waals surface area contributed by atoms with Crippen molar-refractivity contribution in [1.82, 2.24) is 10.6 Å². The molecule has 1 unspecified atom stereocenters. The molecule has 2 aromatic rings. The monoisotopic (exact) mass is 368 g/mol. The van der Waals surface area contributed by atoms with E-state index in [1.807, 2.05) is 36.4 Å².